The van der Waals surface area contributed by atoms with E-state index in [1.165, 1.54) is 0 Å². The van der Waals surface area contributed by atoms with Gasteiger partial charge in [-0.05, 0) is 70.2 Å². The van der Waals surface area contributed by atoms with E-state index in [4.69, 9.17) is 28.6 Å². The topological polar surface area (TPSA) is 65.2 Å². The summed E-state index contributed by atoms with van der Waals surface area (Å²) in [6.45, 7) is 12.7. The Kier molecular flexibility index (Phi) is 13.0. The zero-order valence-corrected chi connectivity index (χ0v) is 31.3. The number of nitrogens with zero attached hydrogens (tertiary/aromatic N) is 2. The summed E-state index contributed by atoms with van der Waals surface area (Å²) in [5.74, 6) is 0.573. The Morgan fingerprint density at radius 1 is 0.596 bits per heavy atom. The van der Waals surface area contributed by atoms with Crippen molar-refractivity contribution in [3.8, 4) is 33.8 Å². The molecule has 1 fully saturated rings. The predicted molar refractivity (Wildman–Crippen MR) is 197 cm³/mol. The third-order valence-electron chi connectivity index (χ3n) is 8.61. The summed E-state index contributed by atoms with van der Waals surface area (Å²) >= 11 is -0.556. The van der Waals surface area contributed by atoms with Crippen LogP contribution in [0, 0.1) is 0 Å². The minimum absolute atomic E-state index is 0.000552. The van der Waals surface area contributed by atoms with Crippen LogP contribution in [0.2, 0.25) is 0 Å². The molecule has 7 heteroatoms. The Morgan fingerprint density at radius 2 is 0.936 bits per heavy atom. The minimum atomic E-state index is -0.556. The third kappa shape index (κ3) is 9.83. The van der Waals surface area contributed by atoms with Crippen LogP contribution < -0.4 is 0 Å². The molecule has 2 atom stereocenters. The number of hydrogen-bond donors (Lipinski definition) is 2. The fraction of sp³-hybridized carbons (Fsp3) is 0.350. The molecule has 4 aromatic carbocycles. The number of rotatable bonds is 6. The summed E-state index contributed by atoms with van der Waals surface area (Å²) in [6, 6.07) is 28.8. The number of phenols is 2. The molecule has 1 saturated carbocycles. The molecule has 0 amide bonds. The first kappa shape index (κ1) is 36.9. The van der Waals surface area contributed by atoms with Crippen molar-refractivity contribution in [3.63, 3.8) is 0 Å². The van der Waals surface area contributed by atoms with Gasteiger partial charge in [0, 0.05) is 34.7 Å². The molecule has 1 aliphatic rings. The van der Waals surface area contributed by atoms with Crippen LogP contribution in [0.4, 0.5) is 0 Å². The van der Waals surface area contributed by atoms with Gasteiger partial charge in [-0.3, -0.25) is 9.98 Å². The van der Waals surface area contributed by atoms with Crippen LogP contribution in [0.1, 0.15) is 89.5 Å². The quantitative estimate of drug-likeness (QED) is 0.155. The standard InChI is InChI=1S/C40H46N2O2.2ClH.Ti/c1-39(2,3)33-23-29(27-15-9-7-10-16-27)21-31(37(33)43)25-41-35-19-13-14-20-36(35)42-26-32-22-30(28-17-11-8-12-18-28)24-34(38(32)44)40(4,5)6;;;/h7-12,15-18,21-26,35-36,43-44H,13-14,19-20H2,1-6H3;2*1H;/q;;;+2/p-2/t35-,36-;;;/m1.../s1. The molecular formula is C40H46Cl2N2O2Ti. The van der Waals surface area contributed by atoms with Crippen molar-refractivity contribution in [1.29, 1.82) is 0 Å². The van der Waals surface area contributed by atoms with Crippen LogP contribution in [-0.4, -0.2) is 34.7 Å². The molecule has 4 aromatic rings. The predicted octanol–water partition coefficient (Wildman–Crippen LogP) is 11.3. The van der Waals surface area contributed by atoms with Gasteiger partial charge in [0.1, 0.15) is 11.5 Å². The molecule has 0 heterocycles. The van der Waals surface area contributed by atoms with E-state index in [9.17, 15) is 10.2 Å². The molecule has 0 unspecified atom stereocenters. The van der Waals surface area contributed by atoms with E-state index in [2.05, 4.69) is 77.9 Å². The van der Waals surface area contributed by atoms with E-state index >= 15 is 0 Å². The van der Waals surface area contributed by atoms with E-state index in [0.717, 1.165) is 70.2 Å². The molecule has 2 N–H and O–H groups in total. The van der Waals surface area contributed by atoms with Crippen molar-refractivity contribution in [3.05, 3.63) is 107 Å². The Labute approximate surface area is 297 Å². The molecule has 0 spiro atoms. The van der Waals surface area contributed by atoms with Crippen molar-refractivity contribution in [2.75, 3.05) is 0 Å². The first-order valence-corrected chi connectivity index (χ1v) is 20.5. The normalized spacial score (nSPS) is 17.0. The van der Waals surface area contributed by atoms with Crippen LogP contribution in [0.15, 0.2) is 94.9 Å². The van der Waals surface area contributed by atoms with Gasteiger partial charge < -0.3 is 10.2 Å². The second-order valence-corrected chi connectivity index (χ2v) is 16.8. The SMILES string of the molecule is CC(C)(C)c1cc(-c2ccccc2)cc(C=N[C@@H]2CCCC[C@H]2N=Cc2cc(-c3ccccc3)cc(C(C)(C)C)c2O)c1O.[Cl][Ti][Cl]. The van der Waals surface area contributed by atoms with Gasteiger partial charge in [0.2, 0.25) is 0 Å². The summed E-state index contributed by atoms with van der Waals surface area (Å²) in [5.41, 5.74) is 7.17. The van der Waals surface area contributed by atoms with Gasteiger partial charge in [-0.15, -0.1) is 0 Å². The summed E-state index contributed by atoms with van der Waals surface area (Å²) < 4.78 is 0. The van der Waals surface area contributed by atoms with Crippen LogP contribution in [0.5, 0.6) is 11.5 Å². The first-order valence-electron chi connectivity index (χ1n) is 16.2. The number of phenolic OH excluding ortho intramolecular Hbond substituents is 2. The van der Waals surface area contributed by atoms with E-state index in [1.54, 1.807) is 0 Å². The molecule has 0 radical (unpaired) electrons. The Bertz CT molecular complexity index is 1550. The van der Waals surface area contributed by atoms with Gasteiger partial charge in [-0.1, -0.05) is 115 Å². The van der Waals surface area contributed by atoms with Gasteiger partial charge in [0.15, 0.2) is 0 Å². The number of aromatic hydroxyl groups is 2. The summed E-state index contributed by atoms with van der Waals surface area (Å²) in [5, 5.41) is 22.7. The van der Waals surface area contributed by atoms with Crippen molar-refractivity contribution in [2.45, 2.75) is 90.1 Å². The second-order valence-electron chi connectivity index (χ2n) is 14.2. The molecular weight excluding hydrogens is 659 g/mol. The zero-order chi connectivity index (χ0) is 34.2. The second kappa shape index (κ2) is 16.5. The molecule has 5 rings (SSSR count). The van der Waals surface area contributed by atoms with Gasteiger partial charge >= 0.3 is 35.6 Å². The van der Waals surface area contributed by atoms with Crippen LogP contribution in [-0.2, 0) is 27.9 Å². The average molecular weight is 706 g/mol. The molecule has 1 aliphatic carbocycles. The third-order valence-corrected chi connectivity index (χ3v) is 8.61. The van der Waals surface area contributed by atoms with Crippen molar-refractivity contribution in [1.82, 2.24) is 0 Å². The van der Waals surface area contributed by atoms with E-state index in [-0.39, 0.29) is 34.4 Å². The molecule has 47 heavy (non-hydrogen) atoms. The summed E-state index contributed by atoms with van der Waals surface area (Å²) in [7, 11) is 9.78. The zero-order valence-electron chi connectivity index (χ0n) is 28.3. The average Bonchev–Trinajstić information content (AvgIpc) is 3.04. The molecule has 0 aliphatic heterocycles. The molecule has 4 nitrogen and oxygen atoms in total. The monoisotopic (exact) mass is 704 g/mol. The summed E-state index contributed by atoms with van der Waals surface area (Å²) in [6.07, 6.45) is 7.77. The van der Waals surface area contributed by atoms with Gasteiger partial charge in [-0.2, -0.15) is 0 Å². The Morgan fingerprint density at radius 3 is 1.26 bits per heavy atom. The maximum atomic E-state index is 11.3. The van der Waals surface area contributed by atoms with Crippen LogP contribution >= 0.6 is 18.6 Å². The van der Waals surface area contributed by atoms with Crippen molar-refractivity contribution < 1.29 is 27.2 Å². The van der Waals surface area contributed by atoms with Crippen molar-refractivity contribution >= 4 is 31.0 Å². The first-order chi connectivity index (χ1) is 22.3. The number of halogens is 2. The van der Waals surface area contributed by atoms with Gasteiger partial charge in [0.05, 0.1) is 12.1 Å². The van der Waals surface area contributed by atoms with E-state index in [1.807, 2.05) is 61.0 Å². The van der Waals surface area contributed by atoms with Gasteiger partial charge in [0.25, 0.3) is 0 Å². The molecule has 246 valence electrons. The molecule has 0 bridgehead atoms. The molecule has 0 saturated heterocycles. The number of aliphatic imine (C=N–C) groups is 2. The number of benzene rings is 4. The van der Waals surface area contributed by atoms with Crippen LogP contribution in [0.3, 0.4) is 0 Å². The van der Waals surface area contributed by atoms with E-state index < -0.39 is 17.0 Å². The van der Waals surface area contributed by atoms with E-state index in [0.29, 0.717) is 0 Å². The molecule has 0 aromatic heterocycles. The van der Waals surface area contributed by atoms with Crippen LogP contribution in [0.25, 0.3) is 22.3 Å². The maximum absolute atomic E-state index is 11.3. The Balaban J connectivity index is 0.00000160. The van der Waals surface area contributed by atoms with Gasteiger partial charge in [-0.25, -0.2) is 0 Å². The van der Waals surface area contributed by atoms with Crippen molar-refractivity contribution in [2.24, 2.45) is 9.98 Å². The fourth-order valence-corrected chi connectivity index (χ4v) is 6.04. The Hall–Kier alpha value is -2.89. The number of hydrogen-bond acceptors (Lipinski definition) is 4. The summed E-state index contributed by atoms with van der Waals surface area (Å²) in [4.78, 5) is 10.1. The fourth-order valence-electron chi connectivity index (χ4n) is 6.04.